The van der Waals surface area contributed by atoms with E-state index in [9.17, 15) is 17.6 Å². The van der Waals surface area contributed by atoms with Gasteiger partial charge in [-0.25, -0.2) is 8.78 Å². The molecule has 0 aliphatic heterocycles. The van der Waals surface area contributed by atoms with Crippen LogP contribution in [0.2, 0.25) is 0 Å². The van der Waals surface area contributed by atoms with Crippen LogP contribution >= 0.6 is 0 Å². The first-order valence-corrected chi connectivity index (χ1v) is 4.59. The van der Waals surface area contributed by atoms with Gasteiger partial charge in [0, 0.05) is 24.6 Å². The molecule has 0 aromatic carbocycles. The number of nitrogens with one attached hydrogen (secondary N) is 1. The first-order valence-electron chi connectivity index (χ1n) is 4.59. The molecule has 0 aliphatic carbocycles. The van der Waals surface area contributed by atoms with Crippen molar-refractivity contribution in [1.82, 2.24) is 15.3 Å². The monoisotopic (exact) mass is 237 g/mol. The third-order valence-electron chi connectivity index (χ3n) is 1.99. The average molecular weight is 237 g/mol. The van der Waals surface area contributed by atoms with E-state index in [2.05, 4.69) is 15.3 Å². The highest BCUT2D eigenvalue weighted by Gasteiger charge is 2.40. The van der Waals surface area contributed by atoms with Crippen molar-refractivity contribution in [3.8, 4) is 0 Å². The Morgan fingerprint density at radius 3 is 2.56 bits per heavy atom. The lowest BCUT2D eigenvalue weighted by Crippen LogP contribution is -2.39. The summed E-state index contributed by atoms with van der Waals surface area (Å²) in [5.41, 5.74) is 0.424. The molecule has 0 amide bonds. The number of rotatable bonds is 5. The fraction of sp³-hybridized carbons (Fsp3) is 0.556. The molecule has 1 atom stereocenters. The SMILES string of the molecule is CC(NCC(F)(F)C(F)F)c1cnccn1. The maximum Gasteiger partial charge on any atom is 0.319 e. The number of nitrogens with zero attached hydrogens (tertiary/aromatic N) is 2. The van der Waals surface area contributed by atoms with E-state index in [1.54, 1.807) is 6.92 Å². The van der Waals surface area contributed by atoms with Gasteiger partial charge in [-0.05, 0) is 6.92 Å². The van der Waals surface area contributed by atoms with Crippen molar-refractivity contribution in [1.29, 1.82) is 0 Å². The minimum Gasteiger partial charge on any atom is -0.303 e. The van der Waals surface area contributed by atoms with Crippen LogP contribution in [0.5, 0.6) is 0 Å². The average Bonchev–Trinajstić information content (AvgIpc) is 2.27. The summed E-state index contributed by atoms with van der Waals surface area (Å²) in [5.74, 6) is -4.03. The maximum absolute atomic E-state index is 12.6. The van der Waals surface area contributed by atoms with E-state index in [1.165, 1.54) is 18.6 Å². The van der Waals surface area contributed by atoms with Gasteiger partial charge in [-0.3, -0.25) is 9.97 Å². The molecule has 1 N–H and O–H groups in total. The molecular formula is C9H11F4N3. The Morgan fingerprint density at radius 2 is 2.06 bits per heavy atom. The van der Waals surface area contributed by atoms with Crippen LogP contribution in [-0.4, -0.2) is 28.9 Å². The van der Waals surface area contributed by atoms with Gasteiger partial charge in [-0.1, -0.05) is 0 Å². The third kappa shape index (κ3) is 3.41. The van der Waals surface area contributed by atoms with Gasteiger partial charge in [0.15, 0.2) is 0 Å². The summed E-state index contributed by atoms with van der Waals surface area (Å²) in [6.07, 6.45) is 0.551. The molecule has 90 valence electrons. The van der Waals surface area contributed by atoms with E-state index < -0.39 is 24.9 Å². The third-order valence-corrected chi connectivity index (χ3v) is 1.99. The minimum absolute atomic E-state index is 0.424. The van der Waals surface area contributed by atoms with Gasteiger partial charge >= 0.3 is 12.3 Å². The largest absolute Gasteiger partial charge is 0.319 e. The summed E-state index contributed by atoms with van der Waals surface area (Å²) in [6, 6.07) is -0.557. The van der Waals surface area contributed by atoms with E-state index in [0.717, 1.165) is 0 Å². The van der Waals surface area contributed by atoms with Gasteiger partial charge in [0.1, 0.15) is 0 Å². The summed E-state index contributed by atoms with van der Waals surface area (Å²) < 4.78 is 48.8. The Hall–Kier alpha value is -1.24. The van der Waals surface area contributed by atoms with Crippen LogP contribution < -0.4 is 5.32 Å². The van der Waals surface area contributed by atoms with Crippen LogP contribution in [0.1, 0.15) is 18.7 Å². The fourth-order valence-electron chi connectivity index (χ4n) is 1.01. The predicted octanol–water partition coefficient (Wildman–Crippen LogP) is 2.03. The molecule has 0 spiro atoms. The maximum atomic E-state index is 12.6. The van der Waals surface area contributed by atoms with Crippen LogP contribution in [0.3, 0.4) is 0 Å². The Balaban J connectivity index is 2.51. The van der Waals surface area contributed by atoms with Crippen LogP contribution in [0.25, 0.3) is 0 Å². The number of halogens is 4. The Bertz CT molecular complexity index is 318. The lowest BCUT2D eigenvalue weighted by molar-refractivity contribution is -0.126. The fourth-order valence-corrected chi connectivity index (χ4v) is 1.01. The zero-order valence-corrected chi connectivity index (χ0v) is 8.50. The van der Waals surface area contributed by atoms with Gasteiger partial charge in [-0.15, -0.1) is 0 Å². The van der Waals surface area contributed by atoms with Crippen molar-refractivity contribution in [2.24, 2.45) is 0 Å². The second-order valence-electron chi connectivity index (χ2n) is 3.29. The van der Waals surface area contributed by atoms with Crippen molar-refractivity contribution in [3.05, 3.63) is 24.3 Å². The molecule has 0 saturated carbocycles. The van der Waals surface area contributed by atoms with Crippen LogP contribution in [0, 0.1) is 0 Å². The Morgan fingerprint density at radius 1 is 1.38 bits per heavy atom. The molecule has 0 bridgehead atoms. The second kappa shape index (κ2) is 5.20. The second-order valence-corrected chi connectivity index (χ2v) is 3.29. The van der Waals surface area contributed by atoms with E-state index in [1.807, 2.05) is 0 Å². The topological polar surface area (TPSA) is 37.8 Å². The Kier molecular flexibility index (Phi) is 4.17. The summed E-state index contributed by atoms with van der Waals surface area (Å²) in [6.45, 7) is 0.452. The summed E-state index contributed by atoms with van der Waals surface area (Å²) in [4.78, 5) is 7.61. The molecule has 1 unspecified atom stereocenters. The molecule has 7 heteroatoms. The molecule has 3 nitrogen and oxygen atoms in total. The molecule has 0 fully saturated rings. The highest BCUT2D eigenvalue weighted by Crippen LogP contribution is 2.22. The van der Waals surface area contributed by atoms with Crippen LogP contribution in [0.15, 0.2) is 18.6 Å². The first kappa shape index (κ1) is 12.8. The van der Waals surface area contributed by atoms with Gasteiger partial charge in [0.05, 0.1) is 12.2 Å². The lowest BCUT2D eigenvalue weighted by Gasteiger charge is -2.19. The summed E-state index contributed by atoms with van der Waals surface area (Å²) in [7, 11) is 0. The van der Waals surface area contributed by atoms with E-state index in [4.69, 9.17) is 0 Å². The normalized spacial score (nSPS) is 14.1. The first-order chi connectivity index (χ1) is 7.43. The highest BCUT2D eigenvalue weighted by molar-refractivity contribution is 5.00. The van der Waals surface area contributed by atoms with Gasteiger partial charge in [0.2, 0.25) is 0 Å². The summed E-state index contributed by atoms with van der Waals surface area (Å²) >= 11 is 0. The van der Waals surface area contributed by atoms with Crippen molar-refractivity contribution >= 4 is 0 Å². The van der Waals surface area contributed by atoms with Crippen LogP contribution in [0.4, 0.5) is 17.6 Å². The predicted molar refractivity (Wildman–Crippen MR) is 49.4 cm³/mol. The Labute approximate surface area is 89.9 Å². The zero-order valence-electron chi connectivity index (χ0n) is 8.50. The van der Waals surface area contributed by atoms with Gasteiger partial charge in [-0.2, -0.15) is 8.78 Å². The van der Waals surface area contributed by atoms with Crippen molar-refractivity contribution in [3.63, 3.8) is 0 Å². The number of hydrogen-bond acceptors (Lipinski definition) is 3. The van der Waals surface area contributed by atoms with E-state index >= 15 is 0 Å². The smallest absolute Gasteiger partial charge is 0.303 e. The molecule has 0 aliphatic rings. The number of hydrogen-bond donors (Lipinski definition) is 1. The van der Waals surface area contributed by atoms with Crippen molar-refractivity contribution in [2.45, 2.75) is 25.3 Å². The molecule has 16 heavy (non-hydrogen) atoms. The molecule has 1 heterocycles. The van der Waals surface area contributed by atoms with Crippen molar-refractivity contribution < 1.29 is 17.6 Å². The minimum atomic E-state index is -4.03. The van der Waals surface area contributed by atoms with Gasteiger partial charge < -0.3 is 5.32 Å². The molecular weight excluding hydrogens is 226 g/mol. The van der Waals surface area contributed by atoms with Crippen molar-refractivity contribution in [2.75, 3.05) is 6.54 Å². The number of alkyl halides is 4. The highest BCUT2D eigenvalue weighted by atomic mass is 19.3. The van der Waals surface area contributed by atoms with Crippen LogP contribution in [-0.2, 0) is 0 Å². The summed E-state index contributed by atoms with van der Waals surface area (Å²) in [5, 5.41) is 2.29. The molecule has 1 aromatic heterocycles. The standard InChI is InChI=1S/C9H11F4N3/c1-6(7-4-14-2-3-15-7)16-5-9(12,13)8(10)11/h2-4,6,8,16H,5H2,1H3. The quantitative estimate of drug-likeness (QED) is 0.796. The van der Waals surface area contributed by atoms with E-state index in [-0.39, 0.29) is 0 Å². The molecule has 0 radical (unpaired) electrons. The number of aromatic nitrogens is 2. The zero-order chi connectivity index (χ0) is 12.2. The molecule has 1 rings (SSSR count). The van der Waals surface area contributed by atoms with Gasteiger partial charge in [0.25, 0.3) is 0 Å². The molecule has 0 saturated heterocycles. The lowest BCUT2D eigenvalue weighted by atomic mass is 10.2. The van der Waals surface area contributed by atoms with E-state index in [0.29, 0.717) is 5.69 Å². The molecule has 1 aromatic rings.